The first-order valence-electron chi connectivity index (χ1n) is 6.26. The number of hydrogen-bond acceptors (Lipinski definition) is 5. The molecule has 1 heterocycles. The van der Waals surface area contributed by atoms with Crippen molar-refractivity contribution in [3.05, 3.63) is 48.2 Å². The molecule has 0 fully saturated rings. The first-order valence-corrected chi connectivity index (χ1v) is 6.26. The van der Waals surface area contributed by atoms with Crippen molar-refractivity contribution in [1.82, 2.24) is 4.90 Å². The van der Waals surface area contributed by atoms with E-state index < -0.39 is 5.41 Å². The fourth-order valence-corrected chi connectivity index (χ4v) is 2.02. The Bertz CT molecular complexity index is 552. The molecule has 0 atom stereocenters. The van der Waals surface area contributed by atoms with Gasteiger partial charge >= 0.3 is 5.97 Å². The predicted molar refractivity (Wildman–Crippen MR) is 73.0 cm³/mol. The Kier molecular flexibility index (Phi) is 3.79. The van der Waals surface area contributed by atoms with Crippen LogP contribution in [0.1, 0.15) is 13.8 Å². The molecule has 20 heavy (non-hydrogen) atoms. The third-order valence-electron chi connectivity index (χ3n) is 3.34. The van der Waals surface area contributed by atoms with Crippen molar-refractivity contribution in [2.24, 2.45) is 5.41 Å². The van der Waals surface area contributed by atoms with E-state index in [2.05, 4.69) is 4.74 Å². The lowest BCUT2D eigenvalue weighted by Crippen LogP contribution is -2.30. The van der Waals surface area contributed by atoms with E-state index >= 15 is 0 Å². The monoisotopic (exact) mass is 275 g/mol. The number of nitrogens with zero attached hydrogens (tertiary/aromatic N) is 1. The van der Waals surface area contributed by atoms with Gasteiger partial charge in [0.05, 0.1) is 12.5 Å². The summed E-state index contributed by atoms with van der Waals surface area (Å²) in [5.41, 5.74) is 0.132. The minimum atomic E-state index is -0.650. The molecule has 5 nitrogen and oxygen atoms in total. The molecule has 0 spiro atoms. The second-order valence-electron chi connectivity index (χ2n) is 5.07. The topological polar surface area (TPSA) is 55.8 Å². The molecule has 2 aliphatic rings. The largest absolute Gasteiger partial charge is 0.468 e. The number of carbonyl (C=O) groups excluding carboxylic acids is 2. The lowest BCUT2D eigenvalue weighted by Gasteiger charge is -2.30. The van der Waals surface area contributed by atoms with Gasteiger partial charge in [0, 0.05) is 18.0 Å². The first kappa shape index (κ1) is 14.1. The molecule has 0 aromatic rings. The van der Waals surface area contributed by atoms with Crippen molar-refractivity contribution in [3.8, 4) is 0 Å². The molecule has 0 bridgehead atoms. The number of ketones is 1. The van der Waals surface area contributed by atoms with Crippen LogP contribution >= 0.6 is 0 Å². The minimum Gasteiger partial charge on any atom is -0.468 e. The van der Waals surface area contributed by atoms with E-state index in [4.69, 9.17) is 4.74 Å². The Hall–Kier alpha value is -2.30. The molecule has 0 saturated carbocycles. The third kappa shape index (κ3) is 2.66. The second kappa shape index (κ2) is 5.36. The quantitative estimate of drug-likeness (QED) is 0.736. The standard InChI is InChI=1S/C15H17NO4/c1-15(2)11(5-4-6-13(15)17)12-9-16(7-8-20-12)10-14(18)19-3/h4-9H,10H2,1-3H3. The van der Waals surface area contributed by atoms with Crippen molar-refractivity contribution in [1.29, 1.82) is 0 Å². The number of hydrogen-bond donors (Lipinski definition) is 0. The second-order valence-corrected chi connectivity index (χ2v) is 5.07. The molecular formula is C15H17NO4. The zero-order chi connectivity index (χ0) is 14.8. The molecule has 1 aliphatic heterocycles. The van der Waals surface area contributed by atoms with E-state index in [-0.39, 0.29) is 18.3 Å². The van der Waals surface area contributed by atoms with E-state index in [1.165, 1.54) is 13.4 Å². The van der Waals surface area contributed by atoms with Crippen LogP contribution in [0.2, 0.25) is 0 Å². The van der Waals surface area contributed by atoms with Crippen molar-refractivity contribution in [2.45, 2.75) is 13.8 Å². The van der Waals surface area contributed by atoms with Gasteiger partial charge in [-0.1, -0.05) is 12.2 Å². The van der Waals surface area contributed by atoms with Crippen molar-refractivity contribution >= 4 is 11.8 Å². The van der Waals surface area contributed by atoms with Crippen LogP contribution in [0.25, 0.3) is 0 Å². The number of carbonyl (C=O) groups is 2. The summed E-state index contributed by atoms with van der Waals surface area (Å²) < 4.78 is 10.1. The zero-order valence-electron chi connectivity index (χ0n) is 11.8. The van der Waals surface area contributed by atoms with Gasteiger partial charge in [-0.05, 0) is 19.9 Å². The van der Waals surface area contributed by atoms with Crippen LogP contribution in [0.4, 0.5) is 0 Å². The highest BCUT2D eigenvalue weighted by Crippen LogP contribution is 2.37. The molecule has 0 amide bonds. The predicted octanol–water partition coefficient (Wildman–Crippen LogP) is 1.90. The summed E-state index contributed by atoms with van der Waals surface area (Å²) in [7, 11) is 1.34. The molecule has 0 unspecified atom stereocenters. The SMILES string of the molecule is COC(=O)CN1C=COC(C2=CC=CC(=O)C2(C)C)=C1. The van der Waals surface area contributed by atoms with Crippen LogP contribution < -0.4 is 0 Å². The average molecular weight is 275 g/mol. The van der Waals surface area contributed by atoms with E-state index in [0.717, 1.165) is 5.57 Å². The van der Waals surface area contributed by atoms with Crippen LogP contribution in [0, 0.1) is 5.41 Å². The maximum Gasteiger partial charge on any atom is 0.325 e. The zero-order valence-corrected chi connectivity index (χ0v) is 11.8. The van der Waals surface area contributed by atoms with Gasteiger partial charge < -0.3 is 14.4 Å². The third-order valence-corrected chi connectivity index (χ3v) is 3.34. The lowest BCUT2D eigenvalue weighted by atomic mass is 9.76. The van der Waals surface area contributed by atoms with E-state index in [9.17, 15) is 9.59 Å². The maximum absolute atomic E-state index is 12.0. The first-order chi connectivity index (χ1) is 9.45. The van der Waals surface area contributed by atoms with Gasteiger partial charge in [-0.15, -0.1) is 0 Å². The maximum atomic E-state index is 12.0. The highest BCUT2D eigenvalue weighted by molar-refractivity contribution is 5.98. The number of methoxy groups -OCH3 is 1. The molecular weight excluding hydrogens is 258 g/mol. The van der Waals surface area contributed by atoms with Crippen molar-refractivity contribution < 1.29 is 19.1 Å². The Labute approximate surface area is 117 Å². The number of allylic oxidation sites excluding steroid dienone is 4. The number of esters is 1. The summed E-state index contributed by atoms with van der Waals surface area (Å²) in [6, 6.07) is 0. The number of ether oxygens (including phenoxy) is 2. The summed E-state index contributed by atoms with van der Waals surface area (Å²) in [6.45, 7) is 3.78. The Morgan fingerprint density at radius 3 is 2.90 bits per heavy atom. The molecule has 0 aromatic heterocycles. The van der Waals surface area contributed by atoms with Crippen LogP contribution in [0.5, 0.6) is 0 Å². The van der Waals surface area contributed by atoms with E-state index in [0.29, 0.717) is 5.76 Å². The molecule has 0 saturated heterocycles. The van der Waals surface area contributed by atoms with Gasteiger partial charge in [-0.2, -0.15) is 0 Å². The normalized spacial score (nSPS) is 20.1. The fourth-order valence-electron chi connectivity index (χ4n) is 2.02. The molecule has 5 heteroatoms. The summed E-state index contributed by atoms with van der Waals surface area (Å²) in [5, 5.41) is 0. The summed E-state index contributed by atoms with van der Waals surface area (Å²) in [4.78, 5) is 24.9. The average Bonchev–Trinajstić information content (AvgIpc) is 2.42. The van der Waals surface area contributed by atoms with Crippen LogP contribution in [-0.4, -0.2) is 30.3 Å². The molecule has 106 valence electrons. The van der Waals surface area contributed by atoms with E-state index in [1.54, 1.807) is 29.5 Å². The molecule has 0 N–H and O–H groups in total. The van der Waals surface area contributed by atoms with Crippen LogP contribution in [0.3, 0.4) is 0 Å². The smallest absolute Gasteiger partial charge is 0.325 e. The Morgan fingerprint density at radius 1 is 1.45 bits per heavy atom. The van der Waals surface area contributed by atoms with E-state index in [1.807, 2.05) is 19.9 Å². The van der Waals surface area contributed by atoms with Gasteiger partial charge in [0.2, 0.25) is 0 Å². The molecule has 1 aliphatic carbocycles. The van der Waals surface area contributed by atoms with Gasteiger partial charge in [0.1, 0.15) is 18.6 Å². The molecule has 0 aromatic carbocycles. The van der Waals surface area contributed by atoms with Crippen molar-refractivity contribution in [3.63, 3.8) is 0 Å². The van der Waals surface area contributed by atoms with Gasteiger partial charge in [0.25, 0.3) is 0 Å². The summed E-state index contributed by atoms with van der Waals surface area (Å²) in [5.74, 6) is 0.229. The van der Waals surface area contributed by atoms with Crippen molar-refractivity contribution in [2.75, 3.05) is 13.7 Å². The van der Waals surface area contributed by atoms with Crippen LogP contribution in [-0.2, 0) is 19.1 Å². The highest BCUT2D eigenvalue weighted by atomic mass is 16.5. The van der Waals surface area contributed by atoms with Gasteiger partial charge in [-0.3, -0.25) is 9.59 Å². The Balaban J connectivity index is 2.24. The Morgan fingerprint density at radius 2 is 2.20 bits per heavy atom. The van der Waals surface area contributed by atoms with Gasteiger partial charge in [-0.25, -0.2) is 0 Å². The minimum absolute atomic E-state index is 0.0218. The fraction of sp³-hybridized carbons (Fsp3) is 0.333. The summed E-state index contributed by atoms with van der Waals surface area (Å²) in [6.07, 6.45) is 9.91. The molecule has 0 radical (unpaired) electrons. The lowest BCUT2D eigenvalue weighted by molar-refractivity contribution is -0.140. The summed E-state index contributed by atoms with van der Waals surface area (Å²) >= 11 is 0. The molecule has 2 rings (SSSR count). The van der Waals surface area contributed by atoms with Crippen LogP contribution in [0.15, 0.2) is 48.2 Å². The van der Waals surface area contributed by atoms with Gasteiger partial charge in [0.15, 0.2) is 5.78 Å². The highest BCUT2D eigenvalue weighted by Gasteiger charge is 2.35. The number of rotatable bonds is 3.